The zero-order chi connectivity index (χ0) is 14.2. The molecule has 1 N–H and O–H groups in total. The van der Waals surface area contributed by atoms with Crippen LogP contribution in [0.2, 0.25) is 0 Å². The first-order valence-corrected chi connectivity index (χ1v) is 6.88. The van der Waals surface area contributed by atoms with E-state index in [0.29, 0.717) is 6.54 Å². The number of nitrogens with one attached hydrogen (secondary N) is 1. The Hall–Kier alpha value is -1.84. The molecule has 20 heavy (non-hydrogen) atoms. The third-order valence-corrected chi connectivity index (χ3v) is 4.05. The SMILES string of the molecule is CC1(C(=O)Cl)NN(Cc2ccccc2)c2ccccc21. The Morgan fingerprint density at radius 1 is 1.15 bits per heavy atom. The zero-order valence-electron chi connectivity index (χ0n) is 11.1. The summed E-state index contributed by atoms with van der Waals surface area (Å²) in [6.07, 6.45) is 0. The van der Waals surface area contributed by atoms with Crippen LogP contribution < -0.4 is 10.4 Å². The van der Waals surface area contributed by atoms with Gasteiger partial charge in [0.05, 0.1) is 12.2 Å². The molecule has 3 nitrogen and oxygen atoms in total. The fourth-order valence-corrected chi connectivity index (χ4v) is 2.71. The summed E-state index contributed by atoms with van der Waals surface area (Å²) in [5.74, 6) is 0. The summed E-state index contributed by atoms with van der Waals surface area (Å²) in [4.78, 5) is 11.8. The predicted octanol–water partition coefficient (Wildman–Crippen LogP) is 3.19. The maximum Gasteiger partial charge on any atom is 0.247 e. The Labute approximate surface area is 123 Å². The average Bonchev–Trinajstić information content (AvgIpc) is 2.75. The Kier molecular flexibility index (Phi) is 3.24. The highest BCUT2D eigenvalue weighted by Crippen LogP contribution is 2.38. The number of para-hydroxylation sites is 1. The second kappa shape index (κ2) is 4.93. The lowest BCUT2D eigenvalue weighted by Gasteiger charge is -2.24. The Morgan fingerprint density at radius 2 is 1.80 bits per heavy atom. The maximum absolute atomic E-state index is 11.8. The van der Waals surface area contributed by atoms with Crippen LogP contribution >= 0.6 is 11.6 Å². The zero-order valence-corrected chi connectivity index (χ0v) is 11.9. The van der Waals surface area contributed by atoms with Gasteiger partial charge in [0.2, 0.25) is 5.24 Å². The van der Waals surface area contributed by atoms with Crippen molar-refractivity contribution >= 4 is 22.5 Å². The van der Waals surface area contributed by atoms with Gasteiger partial charge in [0, 0.05) is 5.56 Å². The molecule has 102 valence electrons. The number of fused-ring (bicyclic) bond motifs is 1. The van der Waals surface area contributed by atoms with E-state index in [4.69, 9.17) is 11.6 Å². The van der Waals surface area contributed by atoms with Crippen LogP contribution in [-0.4, -0.2) is 5.24 Å². The molecule has 4 heteroatoms. The summed E-state index contributed by atoms with van der Waals surface area (Å²) >= 11 is 5.79. The van der Waals surface area contributed by atoms with Gasteiger partial charge >= 0.3 is 0 Å². The van der Waals surface area contributed by atoms with Crippen molar-refractivity contribution in [2.24, 2.45) is 0 Å². The van der Waals surface area contributed by atoms with Gasteiger partial charge in [-0.05, 0) is 30.2 Å². The van der Waals surface area contributed by atoms with E-state index >= 15 is 0 Å². The van der Waals surface area contributed by atoms with E-state index in [1.165, 1.54) is 5.56 Å². The van der Waals surface area contributed by atoms with E-state index in [2.05, 4.69) is 17.6 Å². The van der Waals surface area contributed by atoms with Crippen LogP contribution in [0.5, 0.6) is 0 Å². The summed E-state index contributed by atoms with van der Waals surface area (Å²) in [6, 6.07) is 17.9. The lowest BCUT2D eigenvalue weighted by atomic mass is 9.94. The van der Waals surface area contributed by atoms with E-state index in [-0.39, 0.29) is 0 Å². The molecule has 0 aromatic heterocycles. The van der Waals surface area contributed by atoms with E-state index < -0.39 is 10.8 Å². The molecular formula is C16H15ClN2O. The van der Waals surface area contributed by atoms with Crippen LogP contribution in [0.4, 0.5) is 5.69 Å². The molecular weight excluding hydrogens is 272 g/mol. The van der Waals surface area contributed by atoms with Crippen molar-refractivity contribution < 1.29 is 4.79 Å². The first-order chi connectivity index (χ1) is 9.61. The molecule has 2 aromatic rings. The van der Waals surface area contributed by atoms with Gasteiger partial charge in [-0.1, -0.05) is 48.5 Å². The molecule has 0 saturated carbocycles. The molecule has 0 fully saturated rings. The molecule has 3 rings (SSSR count). The van der Waals surface area contributed by atoms with E-state index in [0.717, 1.165) is 11.3 Å². The minimum atomic E-state index is -0.868. The molecule has 0 radical (unpaired) electrons. The van der Waals surface area contributed by atoms with Gasteiger partial charge in [-0.15, -0.1) is 0 Å². The highest BCUT2D eigenvalue weighted by Gasteiger charge is 2.43. The number of rotatable bonds is 3. The number of carbonyl (C=O) groups excluding carboxylic acids is 1. The largest absolute Gasteiger partial charge is 0.302 e. The Morgan fingerprint density at radius 3 is 2.50 bits per heavy atom. The minimum absolute atomic E-state index is 0.402. The number of nitrogens with zero attached hydrogens (tertiary/aromatic N) is 1. The summed E-state index contributed by atoms with van der Waals surface area (Å²) in [6.45, 7) is 2.49. The topological polar surface area (TPSA) is 32.3 Å². The standard InChI is InChI=1S/C16H15ClN2O/c1-16(15(17)20)13-9-5-6-10-14(13)19(18-16)11-12-7-3-2-4-8-12/h2-10,18H,11H2,1H3. The summed E-state index contributed by atoms with van der Waals surface area (Å²) < 4.78 is 0. The van der Waals surface area contributed by atoms with Crippen LogP contribution in [0.25, 0.3) is 0 Å². The molecule has 0 spiro atoms. The molecule has 1 heterocycles. The van der Waals surface area contributed by atoms with Gasteiger partial charge in [0.15, 0.2) is 0 Å². The number of anilines is 1. The van der Waals surface area contributed by atoms with Crippen LogP contribution in [0, 0.1) is 0 Å². The van der Waals surface area contributed by atoms with Crippen molar-refractivity contribution in [2.45, 2.75) is 19.0 Å². The Balaban J connectivity index is 1.97. The van der Waals surface area contributed by atoms with E-state index in [1.54, 1.807) is 0 Å². The van der Waals surface area contributed by atoms with Crippen LogP contribution in [0.15, 0.2) is 54.6 Å². The third kappa shape index (κ3) is 2.09. The molecule has 1 aliphatic heterocycles. The van der Waals surface area contributed by atoms with Gasteiger partial charge in [0.25, 0.3) is 0 Å². The monoisotopic (exact) mass is 286 g/mol. The normalized spacial score (nSPS) is 20.8. The minimum Gasteiger partial charge on any atom is -0.302 e. The van der Waals surface area contributed by atoms with Gasteiger partial charge in [-0.3, -0.25) is 4.79 Å². The molecule has 2 aromatic carbocycles. The fraction of sp³-hybridized carbons (Fsp3) is 0.188. The maximum atomic E-state index is 11.8. The lowest BCUT2D eigenvalue weighted by Crippen LogP contribution is -2.47. The highest BCUT2D eigenvalue weighted by molar-refractivity contribution is 6.65. The van der Waals surface area contributed by atoms with Gasteiger partial charge in [-0.2, -0.15) is 0 Å². The van der Waals surface area contributed by atoms with Crippen LogP contribution in [0.1, 0.15) is 18.1 Å². The van der Waals surface area contributed by atoms with Crippen molar-refractivity contribution in [1.29, 1.82) is 0 Å². The molecule has 1 aliphatic rings. The van der Waals surface area contributed by atoms with Crippen LogP contribution in [0.3, 0.4) is 0 Å². The van der Waals surface area contributed by atoms with Crippen molar-refractivity contribution in [2.75, 3.05) is 5.01 Å². The average molecular weight is 287 g/mol. The van der Waals surface area contributed by atoms with E-state index in [9.17, 15) is 4.79 Å². The molecule has 1 atom stereocenters. The smallest absolute Gasteiger partial charge is 0.247 e. The second-order valence-corrected chi connectivity index (χ2v) is 5.44. The quantitative estimate of drug-likeness (QED) is 0.880. The van der Waals surface area contributed by atoms with Crippen molar-refractivity contribution in [3.63, 3.8) is 0 Å². The predicted molar refractivity (Wildman–Crippen MR) is 80.4 cm³/mol. The van der Waals surface area contributed by atoms with Gasteiger partial charge in [-0.25, -0.2) is 5.43 Å². The highest BCUT2D eigenvalue weighted by atomic mass is 35.5. The molecule has 0 saturated heterocycles. The Bertz CT molecular complexity index is 644. The lowest BCUT2D eigenvalue weighted by molar-refractivity contribution is -0.117. The van der Waals surface area contributed by atoms with Crippen molar-refractivity contribution in [3.8, 4) is 0 Å². The van der Waals surface area contributed by atoms with Crippen molar-refractivity contribution in [1.82, 2.24) is 5.43 Å². The first kappa shape index (κ1) is 13.2. The third-order valence-electron chi connectivity index (χ3n) is 3.67. The van der Waals surface area contributed by atoms with Crippen LogP contribution in [-0.2, 0) is 16.9 Å². The molecule has 0 amide bonds. The molecule has 0 bridgehead atoms. The molecule has 0 aliphatic carbocycles. The first-order valence-electron chi connectivity index (χ1n) is 6.50. The van der Waals surface area contributed by atoms with E-state index in [1.807, 2.05) is 54.4 Å². The second-order valence-electron chi connectivity index (χ2n) is 5.10. The fourth-order valence-electron chi connectivity index (χ4n) is 2.56. The number of hydrogen-bond donors (Lipinski definition) is 1. The summed E-state index contributed by atoms with van der Waals surface area (Å²) in [5.41, 5.74) is 5.44. The summed E-state index contributed by atoms with van der Waals surface area (Å²) in [7, 11) is 0. The number of hydrogen-bond acceptors (Lipinski definition) is 3. The summed E-state index contributed by atoms with van der Waals surface area (Å²) in [5, 5.41) is 1.57. The number of benzene rings is 2. The van der Waals surface area contributed by atoms with Gasteiger partial charge < -0.3 is 5.01 Å². The number of halogens is 1. The van der Waals surface area contributed by atoms with Crippen molar-refractivity contribution in [3.05, 3.63) is 65.7 Å². The van der Waals surface area contributed by atoms with Gasteiger partial charge in [0.1, 0.15) is 5.54 Å². The number of hydrazine groups is 1. The molecule has 1 unspecified atom stereocenters. The number of carbonyl (C=O) groups is 1.